The Morgan fingerprint density at radius 2 is 1.70 bits per heavy atom. The monoisotopic (exact) mass is 614 g/mol. The van der Waals surface area contributed by atoms with Gasteiger partial charge in [0, 0.05) is 46.8 Å². The molecule has 0 bridgehead atoms. The van der Waals surface area contributed by atoms with Crippen molar-refractivity contribution >= 4 is 40.7 Å². The van der Waals surface area contributed by atoms with E-state index in [0.717, 1.165) is 47.9 Å². The number of H-pyrrole nitrogens is 1. The molecule has 3 aromatic carbocycles. The lowest BCUT2D eigenvalue weighted by Crippen LogP contribution is -2.48. The van der Waals surface area contributed by atoms with E-state index in [4.69, 9.17) is 17.3 Å². The fourth-order valence-electron chi connectivity index (χ4n) is 5.50. The van der Waals surface area contributed by atoms with Crippen molar-refractivity contribution in [2.24, 2.45) is 17.6 Å². The van der Waals surface area contributed by atoms with Crippen molar-refractivity contribution in [2.45, 2.75) is 45.1 Å². The van der Waals surface area contributed by atoms with Crippen LogP contribution < -0.4 is 21.7 Å². The van der Waals surface area contributed by atoms with Gasteiger partial charge < -0.3 is 21.7 Å². The van der Waals surface area contributed by atoms with Crippen molar-refractivity contribution in [3.63, 3.8) is 0 Å². The first-order chi connectivity index (χ1) is 21.3. The standard InChI is InChI=1S/C32H35ClN8O3/c1-19(42)35-26-13-14-28(33)27(17-26)24-4-2-3-21(15-24)16-29(37-31(43)23-7-5-20(18-34)6-8-23)32(44)36-25-11-9-22(10-12-25)30-38-40-41-39-30/h2-4,9-15,17,20,23,29H,5-8,16,18,34H2,1H3,(H,35,42)(H,36,44)(H,37,43)(H,38,39,40,41). The number of carbonyl (C=O) groups is 3. The molecule has 1 unspecified atom stereocenters. The molecule has 0 radical (unpaired) electrons. The number of hydrogen-bond acceptors (Lipinski definition) is 7. The Hall–Kier alpha value is -4.61. The summed E-state index contributed by atoms with van der Waals surface area (Å²) < 4.78 is 0. The molecule has 3 amide bonds. The zero-order valence-corrected chi connectivity index (χ0v) is 25.1. The highest BCUT2D eigenvalue weighted by molar-refractivity contribution is 6.33. The van der Waals surface area contributed by atoms with Crippen LogP contribution in [-0.2, 0) is 20.8 Å². The Morgan fingerprint density at radius 3 is 2.39 bits per heavy atom. The minimum Gasteiger partial charge on any atom is -0.344 e. The number of carbonyl (C=O) groups excluding carboxylic acids is 3. The highest BCUT2D eigenvalue weighted by Gasteiger charge is 2.29. The second-order valence-corrected chi connectivity index (χ2v) is 11.5. The van der Waals surface area contributed by atoms with Crippen molar-refractivity contribution in [3.05, 3.63) is 77.3 Å². The Balaban J connectivity index is 1.36. The van der Waals surface area contributed by atoms with Gasteiger partial charge in [-0.2, -0.15) is 5.21 Å². The quantitative estimate of drug-likeness (QED) is 0.174. The van der Waals surface area contributed by atoms with Gasteiger partial charge in [-0.05, 0) is 97.0 Å². The summed E-state index contributed by atoms with van der Waals surface area (Å²) in [5, 5.41) is 23.2. The molecule has 0 spiro atoms. The maximum atomic E-state index is 13.7. The number of tetrazole rings is 1. The summed E-state index contributed by atoms with van der Waals surface area (Å²) in [4.78, 5) is 38.6. The number of nitrogens with one attached hydrogen (secondary N) is 4. The molecule has 1 saturated carbocycles. The molecule has 228 valence electrons. The lowest BCUT2D eigenvalue weighted by molar-refractivity contribution is -0.130. The van der Waals surface area contributed by atoms with Gasteiger partial charge >= 0.3 is 0 Å². The molecule has 1 aliphatic carbocycles. The lowest BCUT2D eigenvalue weighted by Gasteiger charge is -2.28. The fourth-order valence-corrected chi connectivity index (χ4v) is 5.73. The van der Waals surface area contributed by atoms with Crippen LogP contribution in [0.25, 0.3) is 22.5 Å². The molecular weight excluding hydrogens is 580 g/mol. The first-order valence-electron chi connectivity index (χ1n) is 14.6. The van der Waals surface area contributed by atoms with Gasteiger partial charge in [0.05, 0.1) is 0 Å². The molecule has 44 heavy (non-hydrogen) atoms. The van der Waals surface area contributed by atoms with Crippen LogP contribution in [0.5, 0.6) is 0 Å². The number of anilines is 2. The Labute approximate surface area is 260 Å². The largest absolute Gasteiger partial charge is 0.344 e. The minimum atomic E-state index is -0.831. The van der Waals surface area contributed by atoms with Gasteiger partial charge in [-0.25, -0.2) is 0 Å². The van der Waals surface area contributed by atoms with E-state index in [9.17, 15) is 14.4 Å². The van der Waals surface area contributed by atoms with Crippen molar-refractivity contribution in [1.29, 1.82) is 0 Å². The van der Waals surface area contributed by atoms with Gasteiger partial charge in [0.15, 0.2) is 0 Å². The molecule has 1 aromatic heterocycles. The van der Waals surface area contributed by atoms with Crippen LogP contribution in [0.1, 0.15) is 38.2 Å². The molecule has 4 aromatic rings. The van der Waals surface area contributed by atoms with Crippen molar-refractivity contribution < 1.29 is 14.4 Å². The van der Waals surface area contributed by atoms with Crippen molar-refractivity contribution in [2.75, 3.05) is 17.2 Å². The zero-order chi connectivity index (χ0) is 31.1. The second-order valence-electron chi connectivity index (χ2n) is 11.1. The molecule has 1 aliphatic rings. The highest BCUT2D eigenvalue weighted by atomic mass is 35.5. The summed E-state index contributed by atoms with van der Waals surface area (Å²) in [5.74, 6) is 0.0708. The maximum absolute atomic E-state index is 13.7. The molecule has 1 heterocycles. The lowest BCUT2D eigenvalue weighted by atomic mass is 9.81. The van der Waals surface area contributed by atoms with E-state index >= 15 is 0 Å². The number of amides is 3. The minimum absolute atomic E-state index is 0.129. The first-order valence-corrected chi connectivity index (χ1v) is 15.0. The van der Waals surface area contributed by atoms with E-state index < -0.39 is 6.04 Å². The molecular formula is C32H35ClN8O3. The normalized spacial score (nSPS) is 17.0. The molecule has 12 heteroatoms. The third-order valence-corrected chi connectivity index (χ3v) is 8.23. The highest BCUT2D eigenvalue weighted by Crippen LogP contribution is 2.32. The van der Waals surface area contributed by atoms with Gasteiger partial charge in [0.2, 0.25) is 23.5 Å². The summed E-state index contributed by atoms with van der Waals surface area (Å²) in [6.07, 6.45) is 3.56. The van der Waals surface area contributed by atoms with E-state index in [2.05, 4.69) is 36.6 Å². The molecule has 1 atom stereocenters. The van der Waals surface area contributed by atoms with Crippen molar-refractivity contribution in [3.8, 4) is 22.5 Å². The van der Waals surface area contributed by atoms with Crippen LogP contribution in [0.2, 0.25) is 5.02 Å². The van der Waals surface area contributed by atoms with Crippen LogP contribution in [0.3, 0.4) is 0 Å². The van der Waals surface area contributed by atoms with Crippen molar-refractivity contribution in [1.82, 2.24) is 25.9 Å². The number of halogens is 1. The molecule has 11 nitrogen and oxygen atoms in total. The van der Waals surface area contributed by atoms with Gasteiger partial charge in [0.25, 0.3) is 0 Å². The second kappa shape index (κ2) is 14.2. The summed E-state index contributed by atoms with van der Waals surface area (Å²) in [5.41, 5.74) is 10.2. The SMILES string of the molecule is CC(=O)Nc1ccc(Cl)c(-c2cccc(CC(NC(=O)C3CCC(CN)CC3)C(=O)Nc3ccc(-c4nn[nH]n4)cc3)c2)c1. The number of aromatic amines is 1. The molecule has 6 N–H and O–H groups in total. The predicted molar refractivity (Wildman–Crippen MR) is 170 cm³/mol. The summed E-state index contributed by atoms with van der Waals surface area (Å²) in [6.45, 7) is 2.07. The van der Waals surface area contributed by atoms with Crippen LogP contribution in [-0.4, -0.2) is 50.9 Å². The van der Waals surface area contributed by atoms with E-state index in [1.165, 1.54) is 6.92 Å². The average Bonchev–Trinajstić information content (AvgIpc) is 3.57. The van der Waals surface area contributed by atoms with Gasteiger partial charge in [-0.3, -0.25) is 14.4 Å². The van der Waals surface area contributed by atoms with Crippen LogP contribution in [0.15, 0.2) is 66.7 Å². The number of aromatic nitrogens is 4. The molecule has 0 aliphatic heterocycles. The Bertz CT molecular complexity index is 1600. The van der Waals surface area contributed by atoms with Crippen LogP contribution >= 0.6 is 11.6 Å². The average molecular weight is 615 g/mol. The van der Waals surface area contributed by atoms with Gasteiger partial charge in [-0.15, -0.1) is 10.2 Å². The number of rotatable bonds is 10. The Morgan fingerprint density at radius 1 is 0.955 bits per heavy atom. The third-order valence-electron chi connectivity index (χ3n) is 7.90. The van der Waals surface area contributed by atoms with Gasteiger partial charge in [-0.1, -0.05) is 35.9 Å². The maximum Gasteiger partial charge on any atom is 0.247 e. The Kier molecular flexibility index (Phi) is 9.98. The molecule has 0 saturated heterocycles. The predicted octanol–water partition coefficient (Wildman–Crippen LogP) is 4.58. The summed E-state index contributed by atoms with van der Waals surface area (Å²) >= 11 is 6.53. The zero-order valence-electron chi connectivity index (χ0n) is 24.3. The number of nitrogens with two attached hydrogens (primary N) is 1. The smallest absolute Gasteiger partial charge is 0.247 e. The van der Waals surface area contributed by atoms with E-state index in [1.54, 1.807) is 36.4 Å². The first kappa shape index (κ1) is 30.8. The molecule has 5 rings (SSSR count). The third kappa shape index (κ3) is 7.86. The van der Waals surface area contributed by atoms with Crippen LogP contribution in [0.4, 0.5) is 11.4 Å². The van der Waals surface area contributed by atoms with E-state index in [-0.39, 0.29) is 30.1 Å². The number of nitrogens with zero attached hydrogens (tertiary/aromatic N) is 3. The number of benzene rings is 3. The topological polar surface area (TPSA) is 168 Å². The van der Waals surface area contributed by atoms with Gasteiger partial charge in [0.1, 0.15) is 6.04 Å². The molecule has 1 fully saturated rings. The number of hydrogen-bond donors (Lipinski definition) is 5. The fraction of sp³-hybridized carbons (Fsp3) is 0.312. The van der Waals surface area contributed by atoms with E-state index in [1.807, 2.05) is 30.3 Å². The van der Waals surface area contributed by atoms with E-state index in [0.29, 0.717) is 34.7 Å². The summed E-state index contributed by atoms with van der Waals surface area (Å²) in [7, 11) is 0. The summed E-state index contributed by atoms with van der Waals surface area (Å²) in [6, 6.07) is 19.2. The van der Waals surface area contributed by atoms with Crippen LogP contribution in [0, 0.1) is 11.8 Å².